The van der Waals surface area contributed by atoms with Gasteiger partial charge in [0.15, 0.2) is 4.90 Å². The average Bonchev–Trinajstić information content (AvgIpc) is 2.84. The van der Waals surface area contributed by atoms with E-state index >= 15 is 0 Å². The number of halogens is 1. The summed E-state index contributed by atoms with van der Waals surface area (Å²) < 4.78 is 28.1. The van der Waals surface area contributed by atoms with Gasteiger partial charge in [0.2, 0.25) is 5.91 Å². The van der Waals surface area contributed by atoms with Crippen LogP contribution in [0.2, 0.25) is 0 Å². The largest absolute Gasteiger partial charge is 0.593 e. The van der Waals surface area contributed by atoms with Crippen molar-refractivity contribution in [1.29, 1.82) is 0 Å². The van der Waals surface area contributed by atoms with Crippen molar-refractivity contribution in [1.82, 2.24) is 9.62 Å². The van der Waals surface area contributed by atoms with Crippen molar-refractivity contribution in [2.24, 2.45) is 5.41 Å². The molecule has 0 aromatic heterocycles. The summed E-state index contributed by atoms with van der Waals surface area (Å²) in [6.45, 7) is 1.56. The van der Waals surface area contributed by atoms with E-state index in [2.05, 4.69) is 17.4 Å². The number of hydrogen-bond acceptors (Lipinski definition) is 3. The molecule has 0 bridgehead atoms. The topological polar surface area (TPSA) is 55.4 Å². The number of rotatable bonds is 7. The molecule has 32 heavy (non-hydrogen) atoms. The highest BCUT2D eigenvalue weighted by molar-refractivity contribution is 7.89. The highest BCUT2D eigenvalue weighted by Crippen LogP contribution is 2.37. The number of nitrogens with one attached hydrogen (secondary N) is 1. The lowest BCUT2D eigenvalue weighted by molar-refractivity contribution is -0.133. The first-order valence-electron chi connectivity index (χ1n) is 10.8. The summed E-state index contributed by atoms with van der Waals surface area (Å²) >= 11 is -1.37. The molecular formula is C26H27FN2O2S. The Kier molecular flexibility index (Phi) is 7.25. The lowest BCUT2D eigenvalue weighted by Gasteiger charge is -2.40. The molecule has 0 spiro atoms. The number of piperidine rings is 1. The van der Waals surface area contributed by atoms with E-state index in [0.717, 1.165) is 11.1 Å². The van der Waals surface area contributed by atoms with Crippen LogP contribution in [-0.4, -0.2) is 27.9 Å². The molecule has 1 atom stereocenters. The second kappa shape index (κ2) is 10.3. The molecule has 4 rings (SSSR count). The van der Waals surface area contributed by atoms with Crippen LogP contribution in [-0.2, 0) is 29.1 Å². The van der Waals surface area contributed by atoms with Crippen LogP contribution in [0.25, 0.3) is 0 Å². The lowest BCUT2D eigenvalue weighted by atomic mass is 9.73. The molecule has 1 N–H and O–H groups in total. The first-order valence-corrected chi connectivity index (χ1v) is 11.9. The molecule has 0 saturated carbocycles. The molecule has 3 aromatic rings. The fourth-order valence-electron chi connectivity index (χ4n) is 4.22. The van der Waals surface area contributed by atoms with Gasteiger partial charge in [-0.2, -0.15) is 0 Å². The van der Waals surface area contributed by atoms with Crippen molar-refractivity contribution in [3.8, 4) is 0 Å². The zero-order chi connectivity index (χ0) is 22.4. The zero-order valence-electron chi connectivity index (χ0n) is 17.9. The van der Waals surface area contributed by atoms with Crippen LogP contribution in [0.3, 0.4) is 0 Å². The molecule has 1 aliphatic heterocycles. The summed E-state index contributed by atoms with van der Waals surface area (Å²) in [5, 5.41) is 3.14. The predicted molar refractivity (Wildman–Crippen MR) is 124 cm³/mol. The molecule has 0 aliphatic carbocycles. The van der Waals surface area contributed by atoms with Crippen LogP contribution >= 0.6 is 0 Å². The second-order valence-electron chi connectivity index (χ2n) is 8.24. The SMILES string of the molecule is O=C(NCc1ccccc1)C1(Cc2ccccc2)CCN([S+]([O-])c2ccc(F)cc2)CC1. The number of carbonyl (C=O) groups is 1. The Balaban J connectivity index is 1.47. The maximum absolute atomic E-state index is 13.4. The van der Waals surface area contributed by atoms with Gasteiger partial charge in [-0.1, -0.05) is 60.7 Å². The molecular weight excluding hydrogens is 423 g/mol. The van der Waals surface area contributed by atoms with E-state index in [0.29, 0.717) is 43.8 Å². The molecule has 4 nitrogen and oxygen atoms in total. The van der Waals surface area contributed by atoms with Gasteiger partial charge in [0.1, 0.15) is 5.82 Å². The van der Waals surface area contributed by atoms with Crippen LogP contribution in [0, 0.1) is 11.2 Å². The van der Waals surface area contributed by atoms with Gasteiger partial charge in [0.25, 0.3) is 0 Å². The van der Waals surface area contributed by atoms with Crippen LogP contribution in [0.4, 0.5) is 4.39 Å². The van der Waals surface area contributed by atoms with Gasteiger partial charge in [0.05, 0.1) is 16.8 Å². The Hall–Kier alpha value is -2.67. The van der Waals surface area contributed by atoms with Gasteiger partial charge in [0, 0.05) is 19.6 Å². The normalized spacial score (nSPS) is 16.9. The molecule has 1 aliphatic rings. The summed E-state index contributed by atoms with van der Waals surface area (Å²) in [7, 11) is 0. The van der Waals surface area contributed by atoms with E-state index in [4.69, 9.17) is 0 Å². The Morgan fingerprint density at radius 2 is 1.47 bits per heavy atom. The second-order valence-corrected chi connectivity index (χ2v) is 9.73. The number of benzene rings is 3. The highest BCUT2D eigenvalue weighted by Gasteiger charge is 2.44. The minimum absolute atomic E-state index is 0.0393. The summed E-state index contributed by atoms with van der Waals surface area (Å²) in [6, 6.07) is 25.7. The number of carbonyl (C=O) groups excluding carboxylic acids is 1. The first-order chi connectivity index (χ1) is 15.6. The van der Waals surface area contributed by atoms with Gasteiger partial charge in [-0.05, 0) is 54.7 Å². The summed E-state index contributed by atoms with van der Waals surface area (Å²) in [6.07, 6.45) is 1.86. The monoisotopic (exact) mass is 450 g/mol. The van der Waals surface area contributed by atoms with Crippen LogP contribution in [0.1, 0.15) is 24.0 Å². The van der Waals surface area contributed by atoms with Crippen molar-refractivity contribution in [3.63, 3.8) is 0 Å². The average molecular weight is 451 g/mol. The molecule has 1 heterocycles. The van der Waals surface area contributed by atoms with E-state index in [9.17, 15) is 13.7 Å². The van der Waals surface area contributed by atoms with Crippen molar-refractivity contribution in [2.45, 2.75) is 30.7 Å². The van der Waals surface area contributed by atoms with E-state index < -0.39 is 16.8 Å². The fraction of sp³-hybridized carbons (Fsp3) is 0.269. The van der Waals surface area contributed by atoms with E-state index in [1.54, 1.807) is 12.1 Å². The quantitative estimate of drug-likeness (QED) is 0.540. The molecule has 3 aromatic carbocycles. The first kappa shape index (κ1) is 22.5. The Morgan fingerprint density at radius 1 is 0.906 bits per heavy atom. The molecule has 0 radical (unpaired) electrons. The van der Waals surface area contributed by atoms with Crippen molar-refractivity contribution in [3.05, 3.63) is 102 Å². The van der Waals surface area contributed by atoms with Gasteiger partial charge < -0.3 is 9.87 Å². The fourth-order valence-corrected chi connectivity index (χ4v) is 5.40. The Morgan fingerprint density at radius 3 is 2.06 bits per heavy atom. The van der Waals surface area contributed by atoms with E-state index in [1.807, 2.05) is 52.8 Å². The standard InChI is InChI=1S/C26H27FN2O2S/c27-23-11-13-24(14-12-23)32(31)29-17-15-26(16-18-29,19-21-7-3-1-4-8-21)25(30)28-20-22-9-5-2-6-10-22/h1-14H,15-20H2,(H,28,30). The number of hydrogen-bond donors (Lipinski definition) is 1. The minimum atomic E-state index is -1.37. The van der Waals surface area contributed by atoms with Gasteiger partial charge in [-0.15, -0.1) is 4.31 Å². The van der Waals surface area contributed by atoms with Crippen molar-refractivity contribution >= 4 is 17.3 Å². The van der Waals surface area contributed by atoms with Crippen LogP contribution in [0.15, 0.2) is 89.8 Å². The highest BCUT2D eigenvalue weighted by atomic mass is 32.2. The Labute approximate surface area is 191 Å². The van der Waals surface area contributed by atoms with Crippen LogP contribution < -0.4 is 5.32 Å². The minimum Gasteiger partial charge on any atom is -0.593 e. The molecule has 166 valence electrons. The number of nitrogens with zero attached hydrogens (tertiary/aromatic N) is 1. The number of amides is 1. The van der Waals surface area contributed by atoms with Crippen molar-refractivity contribution in [2.75, 3.05) is 13.1 Å². The molecule has 1 amide bonds. The van der Waals surface area contributed by atoms with Crippen LogP contribution in [0.5, 0.6) is 0 Å². The lowest BCUT2D eigenvalue weighted by Crippen LogP contribution is -2.51. The molecule has 1 saturated heterocycles. The van der Waals surface area contributed by atoms with Gasteiger partial charge >= 0.3 is 0 Å². The Bertz CT molecular complexity index is 1010. The zero-order valence-corrected chi connectivity index (χ0v) is 18.7. The van der Waals surface area contributed by atoms with Gasteiger partial charge in [-0.3, -0.25) is 4.79 Å². The molecule has 1 fully saturated rings. The molecule has 1 unspecified atom stereocenters. The maximum Gasteiger partial charge on any atom is 0.226 e. The smallest absolute Gasteiger partial charge is 0.226 e. The maximum atomic E-state index is 13.4. The third kappa shape index (κ3) is 5.38. The van der Waals surface area contributed by atoms with E-state index in [-0.39, 0.29) is 11.7 Å². The van der Waals surface area contributed by atoms with Gasteiger partial charge in [-0.25, -0.2) is 4.39 Å². The van der Waals surface area contributed by atoms with Crippen molar-refractivity contribution < 1.29 is 13.7 Å². The molecule has 6 heteroatoms. The third-order valence-electron chi connectivity index (χ3n) is 6.09. The third-order valence-corrected chi connectivity index (χ3v) is 7.60. The summed E-state index contributed by atoms with van der Waals surface area (Å²) in [5.41, 5.74) is 1.63. The van der Waals surface area contributed by atoms with E-state index in [1.165, 1.54) is 12.1 Å². The predicted octanol–water partition coefficient (Wildman–Crippen LogP) is 4.49. The summed E-state index contributed by atoms with van der Waals surface area (Å²) in [5.74, 6) is -0.307. The summed E-state index contributed by atoms with van der Waals surface area (Å²) in [4.78, 5) is 14.0.